The Labute approximate surface area is 160 Å². The normalized spacial score (nSPS) is 25.5. The lowest BCUT2D eigenvalue weighted by Crippen LogP contribution is -2.49. The lowest BCUT2D eigenvalue weighted by molar-refractivity contribution is -0.130. The summed E-state index contributed by atoms with van der Waals surface area (Å²) in [6, 6.07) is 20.0. The quantitative estimate of drug-likeness (QED) is 0.869. The molecular formula is C23H26N2O2. The lowest BCUT2D eigenvalue weighted by atomic mass is 9.80. The summed E-state index contributed by atoms with van der Waals surface area (Å²) in [7, 11) is 0. The molecule has 4 nitrogen and oxygen atoms in total. The van der Waals surface area contributed by atoms with Crippen LogP contribution in [0.3, 0.4) is 0 Å². The van der Waals surface area contributed by atoms with Gasteiger partial charge in [-0.3, -0.25) is 4.79 Å². The topological polar surface area (TPSA) is 50.7 Å². The highest BCUT2D eigenvalue weighted by Crippen LogP contribution is 2.46. The van der Waals surface area contributed by atoms with E-state index < -0.39 is 11.6 Å². The van der Waals surface area contributed by atoms with Crippen molar-refractivity contribution in [3.8, 4) is 0 Å². The lowest BCUT2D eigenvalue weighted by Gasteiger charge is -2.33. The van der Waals surface area contributed by atoms with E-state index in [-0.39, 0.29) is 11.9 Å². The van der Waals surface area contributed by atoms with Gasteiger partial charge in [-0.1, -0.05) is 79.9 Å². The molecule has 0 radical (unpaired) electrons. The first-order valence-corrected chi connectivity index (χ1v) is 9.85. The second-order valence-corrected chi connectivity index (χ2v) is 7.48. The Kier molecular flexibility index (Phi) is 4.97. The minimum absolute atomic E-state index is 0.0636. The van der Waals surface area contributed by atoms with E-state index in [1.54, 1.807) is 0 Å². The van der Waals surface area contributed by atoms with Crippen LogP contribution in [-0.2, 0) is 15.1 Å². The third-order valence-corrected chi connectivity index (χ3v) is 5.60. The summed E-state index contributed by atoms with van der Waals surface area (Å²) in [6.07, 6.45) is 5.20. The van der Waals surface area contributed by atoms with Crippen molar-refractivity contribution in [1.29, 1.82) is 0 Å². The summed E-state index contributed by atoms with van der Waals surface area (Å²) in [5.41, 5.74) is 0.731. The number of aliphatic imine (C=N–C) groups is 1. The molecule has 0 spiro atoms. The van der Waals surface area contributed by atoms with Crippen LogP contribution in [0.5, 0.6) is 0 Å². The van der Waals surface area contributed by atoms with Gasteiger partial charge in [0.1, 0.15) is 0 Å². The Bertz CT molecular complexity index is 813. The molecule has 1 amide bonds. The highest BCUT2D eigenvalue weighted by molar-refractivity contribution is 5.94. The molecule has 1 aliphatic carbocycles. The first-order chi connectivity index (χ1) is 13.2. The molecule has 0 aromatic heterocycles. The molecule has 1 N–H and O–H groups in total. The maximum atomic E-state index is 13.7. The molecule has 0 saturated heterocycles. The van der Waals surface area contributed by atoms with Crippen LogP contribution in [0.1, 0.15) is 56.3 Å². The van der Waals surface area contributed by atoms with Crippen molar-refractivity contribution in [2.45, 2.75) is 56.7 Å². The molecule has 2 aromatic rings. The molecule has 1 saturated carbocycles. The molecule has 4 heteroatoms. The van der Waals surface area contributed by atoms with Crippen molar-refractivity contribution in [1.82, 2.24) is 5.32 Å². The van der Waals surface area contributed by atoms with Crippen molar-refractivity contribution in [2.75, 3.05) is 0 Å². The number of amides is 1. The van der Waals surface area contributed by atoms with Crippen LogP contribution in [0.25, 0.3) is 0 Å². The largest absolute Gasteiger partial charge is 0.470 e. The van der Waals surface area contributed by atoms with Gasteiger partial charge in [0, 0.05) is 13.0 Å². The summed E-state index contributed by atoms with van der Waals surface area (Å²) in [5.74, 6) is 0.484. The van der Waals surface area contributed by atoms with Gasteiger partial charge in [-0.25, -0.2) is 4.99 Å². The number of nitrogens with one attached hydrogen (secondary N) is 1. The van der Waals surface area contributed by atoms with Gasteiger partial charge < -0.3 is 10.1 Å². The highest BCUT2D eigenvalue weighted by Gasteiger charge is 2.54. The molecule has 2 aromatic carbocycles. The zero-order valence-electron chi connectivity index (χ0n) is 15.7. The second-order valence-electron chi connectivity index (χ2n) is 7.48. The van der Waals surface area contributed by atoms with Gasteiger partial charge in [0.25, 0.3) is 5.91 Å². The van der Waals surface area contributed by atoms with E-state index in [2.05, 4.69) is 5.32 Å². The maximum Gasteiger partial charge on any atom is 0.257 e. The van der Waals surface area contributed by atoms with Gasteiger partial charge in [0.2, 0.25) is 5.54 Å². The van der Waals surface area contributed by atoms with E-state index >= 15 is 0 Å². The molecule has 0 unspecified atom stereocenters. The monoisotopic (exact) mass is 362 g/mol. The van der Waals surface area contributed by atoms with Crippen LogP contribution >= 0.6 is 0 Å². The van der Waals surface area contributed by atoms with Crippen molar-refractivity contribution in [3.05, 3.63) is 71.8 Å². The Hall–Kier alpha value is -2.62. The van der Waals surface area contributed by atoms with E-state index in [0.29, 0.717) is 5.90 Å². The zero-order valence-corrected chi connectivity index (χ0v) is 15.7. The Morgan fingerprint density at radius 2 is 1.63 bits per heavy atom. The summed E-state index contributed by atoms with van der Waals surface area (Å²) in [5, 5.41) is 3.29. The molecule has 0 bridgehead atoms. The van der Waals surface area contributed by atoms with Crippen LogP contribution in [0, 0.1) is 0 Å². The number of carbonyl (C=O) groups is 1. The smallest absolute Gasteiger partial charge is 0.257 e. The highest BCUT2D eigenvalue weighted by atomic mass is 16.5. The van der Waals surface area contributed by atoms with Crippen molar-refractivity contribution in [3.63, 3.8) is 0 Å². The molecule has 2 atom stereocenters. The van der Waals surface area contributed by atoms with E-state index in [1.807, 2.05) is 67.6 Å². The third kappa shape index (κ3) is 3.36. The minimum atomic E-state index is -1.09. The van der Waals surface area contributed by atoms with Gasteiger partial charge in [0.15, 0.2) is 12.0 Å². The van der Waals surface area contributed by atoms with E-state index in [4.69, 9.17) is 9.73 Å². The summed E-state index contributed by atoms with van der Waals surface area (Å²) in [4.78, 5) is 18.5. The minimum Gasteiger partial charge on any atom is -0.470 e. The number of carbonyl (C=O) groups excluding carboxylic acids is 1. The van der Waals surface area contributed by atoms with Gasteiger partial charge >= 0.3 is 0 Å². The fourth-order valence-corrected chi connectivity index (χ4v) is 4.28. The number of benzene rings is 2. The molecular weight excluding hydrogens is 336 g/mol. The van der Waals surface area contributed by atoms with Crippen LogP contribution in [-0.4, -0.2) is 17.8 Å². The van der Waals surface area contributed by atoms with E-state index in [1.165, 1.54) is 19.3 Å². The van der Waals surface area contributed by atoms with Gasteiger partial charge in [-0.2, -0.15) is 0 Å². The predicted octanol–water partition coefficient (Wildman–Crippen LogP) is 4.52. The first kappa shape index (κ1) is 17.8. The van der Waals surface area contributed by atoms with Gasteiger partial charge in [0.05, 0.1) is 0 Å². The standard InChI is InChI=1S/C23H26N2O2/c1-17-25-23(19-13-7-3-8-14-19,21(27-17)18-11-5-2-6-12-18)22(26)24-20-15-9-4-10-16-20/h2-3,5-8,11-14,20-21H,4,9-10,15-16H2,1H3,(H,24,26)/t21-,23+/m0/s1. The third-order valence-electron chi connectivity index (χ3n) is 5.60. The molecule has 1 aliphatic heterocycles. The number of ether oxygens (including phenoxy) is 1. The van der Waals surface area contributed by atoms with Crippen LogP contribution in [0.15, 0.2) is 65.7 Å². The van der Waals surface area contributed by atoms with Crippen LogP contribution in [0.4, 0.5) is 0 Å². The van der Waals surface area contributed by atoms with Crippen LogP contribution < -0.4 is 5.32 Å². The second kappa shape index (κ2) is 7.55. The van der Waals surface area contributed by atoms with E-state index in [9.17, 15) is 4.79 Å². The molecule has 140 valence electrons. The first-order valence-electron chi connectivity index (χ1n) is 9.85. The summed E-state index contributed by atoms with van der Waals surface area (Å²) >= 11 is 0. The van der Waals surface area contributed by atoms with Crippen molar-refractivity contribution in [2.24, 2.45) is 4.99 Å². The predicted molar refractivity (Wildman–Crippen MR) is 107 cm³/mol. The molecule has 4 rings (SSSR count). The summed E-state index contributed by atoms with van der Waals surface area (Å²) in [6.45, 7) is 1.83. The number of hydrogen-bond donors (Lipinski definition) is 1. The van der Waals surface area contributed by atoms with E-state index in [0.717, 1.165) is 24.0 Å². The maximum absolute atomic E-state index is 13.7. The van der Waals surface area contributed by atoms with Gasteiger partial charge in [-0.15, -0.1) is 0 Å². The molecule has 2 aliphatic rings. The molecule has 1 heterocycles. The Morgan fingerprint density at radius 1 is 1.00 bits per heavy atom. The Balaban J connectivity index is 1.77. The number of nitrogens with zero attached hydrogens (tertiary/aromatic N) is 1. The SMILES string of the molecule is CC1=N[C@](C(=O)NC2CCCCC2)(c2ccccc2)[C@H](c2ccccc2)O1. The van der Waals surface area contributed by atoms with Gasteiger partial charge in [-0.05, 0) is 24.0 Å². The average molecular weight is 362 g/mol. The molecule has 27 heavy (non-hydrogen) atoms. The fraction of sp³-hybridized carbons (Fsp3) is 0.391. The van der Waals surface area contributed by atoms with Crippen molar-refractivity contribution < 1.29 is 9.53 Å². The number of rotatable bonds is 4. The Morgan fingerprint density at radius 3 is 2.30 bits per heavy atom. The van der Waals surface area contributed by atoms with Crippen molar-refractivity contribution >= 4 is 11.8 Å². The average Bonchev–Trinajstić information content (AvgIpc) is 3.08. The molecule has 1 fully saturated rings. The van der Waals surface area contributed by atoms with Crippen LogP contribution in [0.2, 0.25) is 0 Å². The fourth-order valence-electron chi connectivity index (χ4n) is 4.28. The summed E-state index contributed by atoms with van der Waals surface area (Å²) < 4.78 is 6.12. The number of hydrogen-bond acceptors (Lipinski definition) is 3. The zero-order chi connectivity index (χ0) is 18.7.